The van der Waals surface area contributed by atoms with E-state index in [2.05, 4.69) is 48.3 Å². The van der Waals surface area contributed by atoms with E-state index < -0.39 is 0 Å². The molecule has 2 heterocycles. The quantitative estimate of drug-likeness (QED) is 0.328. The Balaban J connectivity index is 1.67. The molecule has 1 fully saturated rings. The van der Waals surface area contributed by atoms with Gasteiger partial charge in [-0.15, -0.1) is 0 Å². The summed E-state index contributed by atoms with van der Waals surface area (Å²) in [7, 11) is 2.09. The summed E-state index contributed by atoms with van der Waals surface area (Å²) in [6.07, 6.45) is 0. The standard InChI is InChI=1S/C29H26ClN3O2/c1-3-35-29(34)23-17-32(2)28-22-12-8-7-11-21(22)24-26(25(23)28)31-33(20-9-5-4-6-10-20)27(24)18-13-15-19(30)16-14-18/h4-16,23,25,28H,3,17H2,1-2H3/t23?,25-,28-/m0/s1. The predicted octanol–water partition coefficient (Wildman–Crippen LogP) is 6.12. The van der Waals surface area contributed by atoms with Crippen molar-refractivity contribution in [3.05, 3.63) is 95.1 Å². The zero-order valence-corrected chi connectivity index (χ0v) is 20.4. The van der Waals surface area contributed by atoms with Gasteiger partial charge in [-0.3, -0.25) is 9.69 Å². The molecule has 0 amide bonds. The van der Waals surface area contributed by atoms with Crippen LogP contribution in [0.2, 0.25) is 5.02 Å². The van der Waals surface area contributed by atoms with E-state index in [9.17, 15) is 4.79 Å². The maximum atomic E-state index is 13.1. The molecule has 176 valence electrons. The van der Waals surface area contributed by atoms with Gasteiger partial charge in [-0.25, -0.2) is 4.68 Å². The molecule has 0 spiro atoms. The largest absolute Gasteiger partial charge is 0.466 e. The van der Waals surface area contributed by atoms with Crippen LogP contribution in [0.15, 0.2) is 78.9 Å². The van der Waals surface area contributed by atoms with Gasteiger partial charge in [0.25, 0.3) is 0 Å². The fourth-order valence-electron chi connectivity index (χ4n) is 5.82. The van der Waals surface area contributed by atoms with E-state index >= 15 is 0 Å². The maximum absolute atomic E-state index is 13.1. The normalized spacial score (nSPS) is 20.7. The monoisotopic (exact) mass is 483 g/mol. The van der Waals surface area contributed by atoms with Crippen molar-refractivity contribution in [3.8, 4) is 28.1 Å². The summed E-state index contributed by atoms with van der Waals surface area (Å²) >= 11 is 6.25. The maximum Gasteiger partial charge on any atom is 0.310 e. The van der Waals surface area contributed by atoms with Gasteiger partial charge < -0.3 is 4.74 Å². The third kappa shape index (κ3) is 3.49. The van der Waals surface area contributed by atoms with Crippen LogP contribution in [0.3, 0.4) is 0 Å². The topological polar surface area (TPSA) is 47.4 Å². The second-order valence-electron chi connectivity index (χ2n) is 9.22. The Kier molecular flexibility index (Phi) is 5.47. The third-order valence-electron chi connectivity index (χ3n) is 7.22. The SMILES string of the molecule is CCOC(=O)C1CN(C)[C@H]2c3ccccc3-c3c(nn(-c4ccccc4)c3-c3ccc(Cl)cc3)[C@H]12. The van der Waals surface area contributed by atoms with Crippen LogP contribution in [0.4, 0.5) is 0 Å². The fourth-order valence-corrected chi connectivity index (χ4v) is 5.95. The highest BCUT2D eigenvalue weighted by Crippen LogP contribution is 2.57. The van der Waals surface area contributed by atoms with Crippen LogP contribution in [-0.4, -0.2) is 40.8 Å². The average molecular weight is 484 g/mol. The number of fused-ring (bicyclic) bond motifs is 6. The summed E-state index contributed by atoms with van der Waals surface area (Å²) in [5, 5.41) is 5.93. The Morgan fingerprint density at radius 1 is 1.03 bits per heavy atom. The molecule has 1 aliphatic heterocycles. The molecule has 1 saturated heterocycles. The molecule has 0 saturated carbocycles. The number of esters is 1. The molecule has 1 aliphatic carbocycles. The fraction of sp³-hybridized carbons (Fsp3) is 0.241. The third-order valence-corrected chi connectivity index (χ3v) is 7.47. The molecule has 0 N–H and O–H groups in total. The molecular formula is C29H26ClN3O2. The molecule has 6 heteroatoms. The summed E-state index contributed by atoms with van der Waals surface area (Å²) in [4.78, 5) is 15.4. The van der Waals surface area contributed by atoms with E-state index in [1.165, 1.54) is 5.56 Å². The lowest BCUT2D eigenvalue weighted by atomic mass is 9.74. The van der Waals surface area contributed by atoms with Gasteiger partial charge in [-0.05, 0) is 49.4 Å². The van der Waals surface area contributed by atoms with Crippen LogP contribution in [0.25, 0.3) is 28.1 Å². The van der Waals surface area contributed by atoms with Crippen LogP contribution in [0, 0.1) is 5.92 Å². The van der Waals surface area contributed by atoms with E-state index in [4.69, 9.17) is 21.4 Å². The van der Waals surface area contributed by atoms with Crippen molar-refractivity contribution >= 4 is 17.6 Å². The first-order valence-corrected chi connectivity index (χ1v) is 12.4. The highest BCUT2D eigenvalue weighted by Gasteiger charge is 2.51. The zero-order valence-electron chi connectivity index (χ0n) is 19.7. The summed E-state index contributed by atoms with van der Waals surface area (Å²) in [6, 6.07) is 26.6. The number of carbonyl (C=O) groups is 1. The van der Waals surface area contributed by atoms with E-state index in [0.29, 0.717) is 18.2 Å². The molecule has 2 aliphatic rings. The highest BCUT2D eigenvalue weighted by atomic mass is 35.5. The molecule has 5 nitrogen and oxygen atoms in total. The number of hydrogen-bond donors (Lipinski definition) is 0. The van der Waals surface area contributed by atoms with Gasteiger partial charge in [0.2, 0.25) is 0 Å². The Labute approximate surface area is 209 Å². The number of likely N-dealkylation sites (N-methyl/N-ethyl adjacent to an activating group) is 1. The van der Waals surface area contributed by atoms with Crippen molar-refractivity contribution in [3.63, 3.8) is 0 Å². The average Bonchev–Trinajstić information content (AvgIpc) is 3.44. The Morgan fingerprint density at radius 2 is 1.74 bits per heavy atom. The first-order valence-electron chi connectivity index (χ1n) is 12.0. The number of nitrogens with zero attached hydrogens (tertiary/aromatic N) is 3. The zero-order chi connectivity index (χ0) is 24.1. The van der Waals surface area contributed by atoms with E-state index in [1.807, 2.05) is 54.1 Å². The Hall–Kier alpha value is -3.41. The number of hydrogen-bond acceptors (Lipinski definition) is 4. The van der Waals surface area contributed by atoms with Crippen LogP contribution in [-0.2, 0) is 9.53 Å². The van der Waals surface area contributed by atoms with E-state index in [1.54, 1.807) is 0 Å². The lowest BCUT2D eigenvalue weighted by molar-refractivity contribution is -0.148. The number of benzene rings is 3. The van der Waals surface area contributed by atoms with Gasteiger partial charge in [0.1, 0.15) is 0 Å². The summed E-state index contributed by atoms with van der Waals surface area (Å²) in [5.74, 6) is -0.534. The second kappa shape index (κ2) is 8.67. The van der Waals surface area contributed by atoms with Crippen LogP contribution in [0.5, 0.6) is 0 Å². The van der Waals surface area contributed by atoms with Gasteiger partial charge in [0, 0.05) is 34.7 Å². The molecule has 3 aromatic carbocycles. The van der Waals surface area contributed by atoms with Crippen molar-refractivity contribution in [1.29, 1.82) is 0 Å². The highest BCUT2D eigenvalue weighted by molar-refractivity contribution is 6.30. The smallest absolute Gasteiger partial charge is 0.310 e. The summed E-state index contributed by atoms with van der Waals surface area (Å²) < 4.78 is 7.55. The van der Waals surface area contributed by atoms with Gasteiger partial charge >= 0.3 is 5.97 Å². The minimum atomic E-state index is -0.283. The van der Waals surface area contributed by atoms with Crippen LogP contribution in [0.1, 0.15) is 30.1 Å². The molecule has 1 aromatic heterocycles. The second-order valence-corrected chi connectivity index (χ2v) is 9.66. The van der Waals surface area contributed by atoms with Gasteiger partial charge in [-0.1, -0.05) is 66.2 Å². The number of ether oxygens (including phenoxy) is 1. The molecule has 0 radical (unpaired) electrons. The first-order chi connectivity index (χ1) is 17.1. The molecule has 4 aromatic rings. The number of aromatic nitrogens is 2. The number of carbonyl (C=O) groups excluding carboxylic acids is 1. The molecule has 35 heavy (non-hydrogen) atoms. The van der Waals surface area contributed by atoms with Crippen molar-refractivity contribution in [1.82, 2.24) is 14.7 Å². The minimum Gasteiger partial charge on any atom is -0.466 e. The molecule has 3 atom stereocenters. The number of likely N-dealkylation sites (tertiary alicyclic amines) is 1. The van der Waals surface area contributed by atoms with Gasteiger partial charge in [0.15, 0.2) is 0 Å². The lowest BCUT2D eigenvalue weighted by Gasteiger charge is -2.32. The van der Waals surface area contributed by atoms with Crippen molar-refractivity contribution in [2.45, 2.75) is 18.9 Å². The van der Waals surface area contributed by atoms with Crippen molar-refractivity contribution in [2.75, 3.05) is 20.2 Å². The molecule has 6 rings (SSSR count). The molecular weight excluding hydrogens is 458 g/mol. The molecule has 1 unspecified atom stereocenters. The first kappa shape index (κ1) is 22.1. The molecule has 0 bridgehead atoms. The summed E-state index contributed by atoms with van der Waals surface area (Å²) in [5.41, 5.74) is 7.42. The van der Waals surface area contributed by atoms with Gasteiger partial charge in [-0.2, -0.15) is 5.10 Å². The van der Waals surface area contributed by atoms with Crippen LogP contribution < -0.4 is 0 Å². The van der Waals surface area contributed by atoms with E-state index in [-0.39, 0.29) is 23.8 Å². The van der Waals surface area contributed by atoms with E-state index in [0.717, 1.165) is 33.8 Å². The lowest BCUT2D eigenvalue weighted by Crippen LogP contribution is -2.26. The summed E-state index contributed by atoms with van der Waals surface area (Å²) in [6.45, 7) is 2.86. The Morgan fingerprint density at radius 3 is 2.49 bits per heavy atom. The van der Waals surface area contributed by atoms with Crippen LogP contribution >= 0.6 is 11.6 Å². The number of halogens is 1. The van der Waals surface area contributed by atoms with Crippen molar-refractivity contribution < 1.29 is 9.53 Å². The number of rotatable bonds is 4. The number of para-hydroxylation sites is 1. The minimum absolute atomic E-state index is 0.0605. The van der Waals surface area contributed by atoms with Gasteiger partial charge in [0.05, 0.1) is 29.6 Å². The van der Waals surface area contributed by atoms with Crippen molar-refractivity contribution in [2.24, 2.45) is 5.92 Å². The Bertz CT molecular complexity index is 1400. The predicted molar refractivity (Wildman–Crippen MR) is 138 cm³/mol.